The molecule has 1 fully saturated rings. The molecule has 0 bridgehead atoms. The van der Waals surface area contributed by atoms with Crippen LogP contribution in [0.25, 0.3) is 22.2 Å². The number of nitrogens with zero attached hydrogens (tertiary/aromatic N) is 2. The van der Waals surface area contributed by atoms with Crippen molar-refractivity contribution in [3.63, 3.8) is 0 Å². The van der Waals surface area contributed by atoms with Gasteiger partial charge in [0.15, 0.2) is 0 Å². The summed E-state index contributed by atoms with van der Waals surface area (Å²) >= 11 is 0. The van der Waals surface area contributed by atoms with E-state index in [-0.39, 0.29) is 12.4 Å². The van der Waals surface area contributed by atoms with Gasteiger partial charge in [0, 0.05) is 23.6 Å². The highest BCUT2D eigenvalue weighted by molar-refractivity contribution is 5.86. The van der Waals surface area contributed by atoms with Crippen LogP contribution in [0.3, 0.4) is 0 Å². The van der Waals surface area contributed by atoms with E-state index in [4.69, 9.17) is 9.26 Å². The molecule has 0 radical (unpaired) electrons. The summed E-state index contributed by atoms with van der Waals surface area (Å²) < 4.78 is 10.8. The zero-order chi connectivity index (χ0) is 20.5. The van der Waals surface area contributed by atoms with Crippen molar-refractivity contribution in [2.75, 3.05) is 7.11 Å². The minimum Gasteiger partial charge on any atom is -0.497 e. The van der Waals surface area contributed by atoms with E-state index in [0.29, 0.717) is 23.8 Å². The molecule has 1 saturated carbocycles. The summed E-state index contributed by atoms with van der Waals surface area (Å²) in [4.78, 5) is 4.62. The monoisotopic (exact) mass is 435 g/mol. The maximum absolute atomic E-state index is 5.56. The van der Waals surface area contributed by atoms with Crippen molar-refractivity contribution >= 4 is 23.2 Å². The molecule has 0 unspecified atom stereocenters. The SMILES string of the molecule is COc1ccc(-c2noc(C3CC(N[C@H](C)c4cccc5ccccc45)C3)n2)cc1.Cl. The molecule has 31 heavy (non-hydrogen) atoms. The lowest BCUT2D eigenvalue weighted by atomic mass is 9.79. The zero-order valence-electron chi connectivity index (χ0n) is 17.6. The average molecular weight is 436 g/mol. The molecule has 5 rings (SSSR count). The summed E-state index contributed by atoms with van der Waals surface area (Å²) in [5.74, 6) is 2.50. The van der Waals surface area contributed by atoms with Gasteiger partial charge in [-0.2, -0.15) is 4.98 Å². The number of methoxy groups -OCH3 is 1. The number of hydrogen-bond donors (Lipinski definition) is 1. The Balaban J connectivity index is 0.00000231. The molecule has 0 aliphatic heterocycles. The molecular formula is C25H26ClN3O2. The lowest BCUT2D eigenvalue weighted by molar-refractivity contribution is 0.223. The first-order valence-corrected chi connectivity index (χ1v) is 10.4. The Morgan fingerprint density at radius 1 is 1.00 bits per heavy atom. The van der Waals surface area contributed by atoms with Gasteiger partial charge in [-0.15, -0.1) is 12.4 Å². The van der Waals surface area contributed by atoms with Crippen LogP contribution in [-0.4, -0.2) is 23.3 Å². The molecular weight excluding hydrogens is 410 g/mol. The first-order chi connectivity index (χ1) is 14.7. The fraction of sp³-hybridized carbons (Fsp3) is 0.280. The molecule has 1 heterocycles. The van der Waals surface area contributed by atoms with Crippen LogP contribution in [0.1, 0.15) is 43.2 Å². The van der Waals surface area contributed by atoms with Gasteiger partial charge in [0.1, 0.15) is 5.75 Å². The van der Waals surface area contributed by atoms with Gasteiger partial charge in [0.2, 0.25) is 11.7 Å². The number of ether oxygens (including phenoxy) is 1. The average Bonchev–Trinajstić information content (AvgIpc) is 3.25. The molecule has 3 aromatic carbocycles. The highest BCUT2D eigenvalue weighted by Crippen LogP contribution is 2.38. The van der Waals surface area contributed by atoms with Crippen LogP contribution in [0.5, 0.6) is 5.75 Å². The molecule has 0 spiro atoms. The van der Waals surface area contributed by atoms with E-state index < -0.39 is 0 Å². The molecule has 5 nitrogen and oxygen atoms in total. The first kappa shape index (κ1) is 21.3. The van der Waals surface area contributed by atoms with E-state index in [1.807, 2.05) is 24.3 Å². The fourth-order valence-corrected chi connectivity index (χ4v) is 4.29. The second-order valence-corrected chi connectivity index (χ2v) is 8.01. The van der Waals surface area contributed by atoms with Crippen molar-refractivity contribution < 1.29 is 9.26 Å². The van der Waals surface area contributed by atoms with Crippen LogP contribution in [0.15, 0.2) is 71.3 Å². The molecule has 1 aliphatic rings. The lowest BCUT2D eigenvalue weighted by Gasteiger charge is -2.36. The summed E-state index contributed by atoms with van der Waals surface area (Å²) in [6.45, 7) is 2.24. The minimum atomic E-state index is 0. The van der Waals surface area contributed by atoms with Gasteiger partial charge in [-0.05, 0) is 60.4 Å². The smallest absolute Gasteiger partial charge is 0.230 e. The second kappa shape index (κ2) is 9.08. The van der Waals surface area contributed by atoms with E-state index in [1.165, 1.54) is 16.3 Å². The van der Waals surface area contributed by atoms with E-state index in [2.05, 4.69) is 64.8 Å². The van der Waals surface area contributed by atoms with Crippen LogP contribution in [0, 0.1) is 0 Å². The number of rotatable bonds is 6. The Labute approximate surface area is 188 Å². The predicted molar refractivity (Wildman–Crippen MR) is 125 cm³/mol. The highest BCUT2D eigenvalue weighted by atomic mass is 35.5. The normalized spacial score (nSPS) is 18.8. The van der Waals surface area contributed by atoms with Crippen LogP contribution in [0.4, 0.5) is 0 Å². The van der Waals surface area contributed by atoms with Crippen LogP contribution in [-0.2, 0) is 0 Å². The number of benzene rings is 3. The first-order valence-electron chi connectivity index (χ1n) is 10.4. The molecule has 0 amide bonds. The van der Waals surface area contributed by atoms with Gasteiger partial charge in [0.05, 0.1) is 7.11 Å². The van der Waals surface area contributed by atoms with E-state index >= 15 is 0 Å². The molecule has 0 saturated heterocycles. The minimum absolute atomic E-state index is 0. The Morgan fingerprint density at radius 2 is 1.74 bits per heavy atom. The van der Waals surface area contributed by atoms with Gasteiger partial charge in [0.25, 0.3) is 0 Å². The topological polar surface area (TPSA) is 60.2 Å². The maximum Gasteiger partial charge on any atom is 0.230 e. The number of aromatic nitrogens is 2. The molecule has 1 aliphatic carbocycles. The van der Waals surface area contributed by atoms with Gasteiger partial charge < -0.3 is 14.6 Å². The van der Waals surface area contributed by atoms with Crippen LogP contribution < -0.4 is 10.1 Å². The number of fused-ring (bicyclic) bond motifs is 1. The predicted octanol–water partition coefficient (Wildman–Crippen LogP) is 5.92. The van der Waals surface area contributed by atoms with Gasteiger partial charge in [-0.3, -0.25) is 0 Å². The van der Waals surface area contributed by atoms with Crippen molar-refractivity contribution in [3.8, 4) is 17.1 Å². The summed E-state index contributed by atoms with van der Waals surface area (Å²) in [6.07, 6.45) is 2.03. The third-order valence-corrected chi connectivity index (χ3v) is 6.05. The number of halogens is 1. The summed E-state index contributed by atoms with van der Waals surface area (Å²) in [5.41, 5.74) is 2.28. The Hall–Kier alpha value is -2.89. The largest absolute Gasteiger partial charge is 0.497 e. The lowest BCUT2D eigenvalue weighted by Crippen LogP contribution is -2.41. The van der Waals surface area contributed by atoms with Gasteiger partial charge in [-0.1, -0.05) is 47.6 Å². The van der Waals surface area contributed by atoms with Crippen molar-refractivity contribution in [2.24, 2.45) is 0 Å². The number of nitrogens with one attached hydrogen (secondary N) is 1. The maximum atomic E-state index is 5.56. The van der Waals surface area contributed by atoms with Gasteiger partial charge >= 0.3 is 0 Å². The summed E-state index contributed by atoms with van der Waals surface area (Å²) in [5, 5.41) is 10.5. The van der Waals surface area contributed by atoms with Crippen molar-refractivity contribution in [1.82, 2.24) is 15.5 Å². The second-order valence-electron chi connectivity index (χ2n) is 8.01. The fourth-order valence-electron chi connectivity index (χ4n) is 4.29. The van der Waals surface area contributed by atoms with Crippen LogP contribution >= 0.6 is 12.4 Å². The molecule has 6 heteroatoms. The zero-order valence-corrected chi connectivity index (χ0v) is 18.4. The van der Waals surface area contributed by atoms with E-state index in [1.54, 1.807) is 7.11 Å². The molecule has 1 aromatic heterocycles. The summed E-state index contributed by atoms with van der Waals surface area (Å²) in [7, 11) is 1.66. The molecule has 4 aromatic rings. The third kappa shape index (κ3) is 4.29. The van der Waals surface area contributed by atoms with E-state index in [9.17, 15) is 0 Å². The van der Waals surface area contributed by atoms with Crippen molar-refractivity contribution in [2.45, 2.75) is 37.8 Å². The Bertz CT molecular complexity index is 1150. The summed E-state index contributed by atoms with van der Waals surface area (Å²) in [6, 6.07) is 23.5. The molecule has 1 N–H and O–H groups in total. The Kier molecular flexibility index (Phi) is 6.25. The van der Waals surface area contributed by atoms with Crippen molar-refractivity contribution in [1.29, 1.82) is 0 Å². The Morgan fingerprint density at radius 3 is 2.52 bits per heavy atom. The highest BCUT2D eigenvalue weighted by Gasteiger charge is 2.35. The third-order valence-electron chi connectivity index (χ3n) is 6.05. The van der Waals surface area contributed by atoms with E-state index in [0.717, 1.165) is 30.0 Å². The molecule has 160 valence electrons. The standard InChI is InChI=1S/C25H25N3O2.ClH/c1-16(22-9-5-7-17-6-3-4-8-23(17)22)26-20-14-19(15-20)25-27-24(28-30-25)18-10-12-21(29-2)13-11-18;/h3-13,16,19-20,26H,14-15H2,1-2H3;1H/t16-,19?,20?;/m1./s1. The molecule has 1 atom stereocenters. The quantitative estimate of drug-likeness (QED) is 0.407. The number of hydrogen-bond acceptors (Lipinski definition) is 5. The van der Waals surface area contributed by atoms with Crippen LogP contribution in [0.2, 0.25) is 0 Å². The van der Waals surface area contributed by atoms with Crippen molar-refractivity contribution in [3.05, 3.63) is 78.2 Å². The van der Waals surface area contributed by atoms with Gasteiger partial charge in [-0.25, -0.2) is 0 Å².